The third-order valence-electron chi connectivity index (χ3n) is 1.67. The molecular weight excluding hydrogens is 200 g/mol. The Labute approximate surface area is 79.2 Å². The standard InChI is InChI=1S/C10H19Br/c1-3-5-7-9-10(11)8-6-4-2/h8H,3-7,9H2,1-2H3. The highest BCUT2D eigenvalue weighted by molar-refractivity contribution is 9.11. The van der Waals surface area contributed by atoms with Gasteiger partial charge in [-0.05, 0) is 23.7 Å². The zero-order valence-corrected chi connectivity index (χ0v) is 9.28. The first kappa shape index (κ1) is 11.2. The molecule has 0 nitrogen and oxygen atoms in total. The molecule has 0 aromatic carbocycles. The van der Waals surface area contributed by atoms with E-state index in [0.29, 0.717) is 0 Å². The molecule has 0 unspecified atom stereocenters. The Bertz CT molecular complexity index is 105. The van der Waals surface area contributed by atoms with Gasteiger partial charge in [-0.1, -0.05) is 55.1 Å². The number of halogens is 1. The van der Waals surface area contributed by atoms with Crippen LogP contribution in [-0.4, -0.2) is 0 Å². The SMILES string of the molecule is CCCC=C(Br)CCCCC. The largest absolute Gasteiger partial charge is 0.0744 e. The van der Waals surface area contributed by atoms with Gasteiger partial charge >= 0.3 is 0 Å². The molecule has 0 saturated heterocycles. The van der Waals surface area contributed by atoms with E-state index in [1.54, 1.807) is 0 Å². The van der Waals surface area contributed by atoms with E-state index in [2.05, 4.69) is 35.9 Å². The summed E-state index contributed by atoms with van der Waals surface area (Å²) in [5.74, 6) is 0. The second-order valence-electron chi connectivity index (χ2n) is 2.90. The number of hydrogen-bond donors (Lipinski definition) is 0. The van der Waals surface area contributed by atoms with Crippen LogP contribution in [0, 0.1) is 0 Å². The van der Waals surface area contributed by atoms with Gasteiger partial charge in [-0.2, -0.15) is 0 Å². The molecule has 0 radical (unpaired) electrons. The van der Waals surface area contributed by atoms with Crippen molar-refractivity contribution < 1.29 is 0 Å². The van der Waals surface area contributed by atoms with Crippen LogP contribution in [0.4, 0.5) is 0 Å². The molecular formula is C10H19Br. The minimum Gasteiger partial charge on any atom is -0.0744 e. The van der Waals surface area contributed by atoms with Crippen LogP contribution in [0.25, 0.3) is 0 Å². The lowest BCUT2D eigenvalue weighted by molar-refractivity contribution is 0.724. The first-order valence-corrected chi connectivity index (χ1v) is 5.45. The van der Waals surface area contributed by atoms with Crippen LogP contribution in [0.15, 0.2) is 10.6 Å². The van der Waals surface area contributed by atoms with E-state index in [-0.39, 0.29) is 0 Å². The fraction of sp³-hybridized carbons (Fsp3) is 0.800. The summed E-state index contributed by atoms with van der Waals surface area (Å²) in [4.78, 5) is 0. The number of allylic oxidation sites excluding steroid dienone is 2. The highest BCUT2D eigenvalue weighted by atomic mass is 79.9. The molecule has 0 aliphatic rings. The third kappa shape index (κ3) is 8.12. The van der Waals surface area contributed by atoms with Crippen LogP contribution in [-0.2, 0) is 0 Å². The van der Waals surface area contributed by atoms with Crippen molar-refractivity contribution in [2.45, 2.75) is 52.4 Å². The lowest BCUT2D eigenvalue weighted by Crippen LogP contribution is -1.76. The molecule has 0 rings (SSSR count). The van der Waals surface area contributed by atoms with E-state index < -0.39 is 0 Å². The number of hydrogen-bond acceptors (Lipinski definition) is 0. The zero-order valence-electron chi connectivity index (χ0n) is 7.70. The minimum atomic E-state index is 1.21. The summed E-state index contributed by atoms with van der Waals surface area (Å²) in [6, 6.07) is 0. The molecule has 0 spiro atoms. The van der Waals surface area contributed by atoms with Gasteiger partial charge in [0, 0.05) is 0 Å². The van der Waals surface area contributed by atoms with Crippen molar-refractivity contribution in [2.24, 2.45) is 0 Å². The Morgan fingerprint density at radius 1 is 1.18 bits per heavy atom. The molecule has 0 N–H and O–H groups in total. The smallest absolute Gasteiger partial charge is 0.00892 e. The van der Waals surface area contributed by atoms with Crippen molar-refractivity contribution in [3.05, 3.63) is 10.6 Å². The molecule has 0 bridgehead atoms. The predicted molar refractivity (Wildman–Crippen MR) is 56.1 cm³/mol. The van der Waals surface area contributed by atoms with E-state index in [4.69, 9.17) is 0 Å². The van der Waals surface area contributed by atoms with Crippen molar-refractivity contribution in [2.75, 3.05) is 0 Å². The first-order chi connectivity index (χ1) is 5.31. The van der Waals surface area contributed by atoms with Gasteiger partial charge in [0.2, 0.25) is 0 Å². The monoisotopic (exact) mass is 218 g/mol. The maximum atomic E-state index is 3.57. The first-order valence-electron chi connectivity index (χ1n) is 4.65. The molecule has 0 atom stereocenters. The average molecular weight is 219 g/mol. The van der Waals surface area contributed by atoms with E-state index in [1.807, 2.05) is 0 Å². The summed E-state index contributed by atoms with van der Waals surface area (Å²) in [5.41, 5.74) is 0. The Morgan fingerprint density at radius 3 is 2.45 bits per heavy atom. The van der Waals surface area contributed by atoms with Gasteiger partial charge in [-0.3, -0.25) is 0 Å². The molecule has 0 fully saturated rings. The van der Waals surface area contributed by atoms with Crippen LogP contribution >= 0.6 is 15.9 Å². The summed E-state index contributed by atoms with van der Waals surface area (Å²) in [5, 5.41) is 0. The van der Waals surface area contributed by atoms with Gasteiger partial charge in [-0.15, -0.1) is 0 Å². The topological polar surface area (TPSA) is 0 Å². The molecule has 0 aromatic heterocycles. The van der Waals surface area contributed by atoms with Gasteiger partial charge in [0.25, 0.3) is 0 Å². The van der Waals surface area contributed by atoms with E-state index in [0.717, 1.165) is 0 Å². The Kier molecular flexibility index (Phi) is 8.48. The third-order valence-corrected chi connectivity index (χ3v) is 2.39. The molecule has 11 heavy (non-hydrogen) atoms. The lowest BCUT2D eigenvalue weighted by Gasteiger charge is -1.97. The number of rotatable bonds is 6. The normalized spacial score (nSPS) is 12.1. The maximum Gasteiger partial charge on any atom is -0.00892 e. The summed E-state index contributed by atoms with van der Waals surface area (Å²) >= 11 is 3.57. The molecule has 0 aromatic rings. The van der Waals surface area contributed by atoms with E-state index in [1.165, 1.54) is 43.0 Å². The van der Waals surface area contributed by atoms with E-state index in [9.17, 15) is 0 Å². The molecule has 66 valence electrons. The Hall–Kier alpha value is 0.220. The van der Waals surface area contributed by atoms with Gasteiger partial charge in [-0.25, -0.2) is 0 Å². The summed E-state index contributed by atoms with van der Waals surface area (Å²) in [6.45, 7) is 4.45. The van der Waals surface area contributed by atoms with E-state index >= 15 is 0 Å². The van der Waals surface area contributed by atoms with Gasteiger partial charge < -0.3 is 0 Å². The molecule has 0 heterocycles. The minimum absolute atomic E-state index is 1.21. The van der Waals surface area contributed by atoms with Gasteiger partial charge in [0.05, 0.1) is 0 Å². The van der Waals surface area contributed by atoms with Crippen LogP contribution < -0.4 is 0 Å². The van der Waals surface area contributed by atoms with Crippen LogP contribution in [0.2, 0.25) is 0 Å². The van der Waals surface area contributed by atoms with Crippen LogP contribution in [0.5, 0.6) is 0 Å². The highest BCUT2D eigenvalue weighted by Gasteiger charge is 1.90. The summed E-state index contributed by atoms with van der Waals surface area (Å²) in [7, 11) is 0. The highest BCUT2D eigenvalue weighted by Crippen LogP contribution is 2.15. The summed E-state index contributed by atoms with van der Waals surface area (Å²) < 4.78 is 1.40. The molecule has 1 heteroatoms. The molecule has 0 aliphatic carbocycles. The number of unbranched alkanes of at least 4 members (excludes halogenated alkanes) is 3. The molecule has 0 amide bonds. The maximum absolute atomic E-state index is 3.57. The quantitative estimate of drug-likeness (QED) is 0.570. The zero-order chi connectivity index (χ0) is 8.53. The molecule has 0 saturated carbocycles. The second kappa shape index (κ2) is 8.32. The lowest BCUT2D eigenvalue weighted by atomic mass is 10.2. The average Bonchev–Trinajstić information content (AvgIpc) is 2.01. The predicted octanol–water partition coefficient (Wildman–Crippen LogP) is 4.65. The summed E-state index contributed by atoms with van der Waals surface area (Å²) in [6.07, 6.45) is 10.00. The van der Waals surface area contributed by atoms with Crippen LogP contribution in [0.3, 0.4) is 0 Å². The van der Waals surface area contributed by atoms with Crippen molar-refractivity contribution in [1.82, 2.24) is 0 Å². The fourth-order valence-corrected chi connectivity index (χ4v) is 1.46. The van der Waals surface area contributed by atoms with Crippen molar-refractivity contribution in [3.63, 3.8) is 0 Å². The molecule has 0 aliphatic heterocycles. The van der Waals surface area contributed by atoms with Gasteiger partial charge in [0.15, 0.2) is 0 Å². The van der Waals surface area contributed by atoms with Crippen LogP contribution in [0.1, 0.15) is 52.4 Å². The second-order valence-corrected chi connectivity index (χ2v) is 3.92. The van der Waals surface area contributed by atoms with Gasteiger partial charge in [0.1, 0.15) is 0 Å². The Balaban J connectivity index is 3.27. The fourth-order valence-electron chi connectivity index (χ4n) is 0.947. The Morgan fingerprint density at radius 2 is 1.91 bits per heavy atom. The van der Waals surface area contributed by atoms with Crippen molar-refractivity contribution >= 4 is 15.9 Å². The van der Waals surface area contributed by atoms with Crippen molar-refractivity contribution in [3.8, 4) is 0 Å². The van der Waals surface area contributed by atoms with Crippen molar-refractivity contribution in [1.29, 1.82) is 0 Å².